The Morgan fingerprint density at radius 3 is 2.58 bits per heavy atom. The third-order valence-corrected chi connectivity index (χ3v) is 3.84. The lowest BCUT2D eigenvalue weighted by Gasteiger charge is -2.09. The van der Waals surface area contributed by atoms with E-state index in [4.69, 9.17) is 0 Å². The van der Waals surface area contributed by atoms with E-state index in [1.54, 1.807) is 43.3 Å². The molecule has 0 aliphatic carbocycles. The SMILES string of the molecule is Cc1cc(-c2cccc3c2C(=O)OC3=O)ccc1CC(=O)OC=O. The van der Waals surface area contributed by atoms with Gasteiger partial charge in [0.15, 0.2) is 0 Å². The van der Waals surface area contributed by atoms with Crippen LogP contribution in [0.15, 0.2) is 36.4 Å². The summed E-state index contributed by atoms with van der Waals surface area (Å²) in [6, 6.07) is 10.2. The van der Waals surface area contributed by atoms with Gasteiger partial charge in [-0.1, -0.05) is 30.3 Å². The molecule has 0 saturated heterocycles. The summed E-state index contributed by atoms with van der Waals surface area (Å²) in [5.74, 6) is -1.96. The lowest BCUT2D eigenvalue weighted by atomic mass is 9.93. The van der Waals surface area contributed by atoms with E-state index in [2.05, 4.69) is 9.47 Å². The fourth-order valence-electron chi connectivity index (χ4n) is 2.69. The molecule has 0 radical (unpaired) electrons. The molecule has 0 bridgehead atoms. The number of aryl methyl sites for hydroxylation is 1. The van der Waals surface area contributed by atoms with Crippen LogP contribution in [0.25, 0.3) is 11.1 Å². The van der Waals surface area contributed by atoms with Gasteiger partial charge >= 0.3 is 24.4 Å². The lowest BCUT2D eigenvalue weighted by molar-refractivity contribution is -0.150. The van der Waals surface area contributed by atoms with Gasteiger partial charge in [-0.05, 0) is 35.2 Å². The molecule has 6 nitrogen and oxygen atoms in total. The zero-order valence-corrected chi connectivity index (χ0v) is 12.7. The number of benzene rings is 2. The Morgan fingerprint density at radius 1 is 1.12 bits per heavy atom. The van der Waals surface area contributed by atoms with Crippen LogP contribution in [-0.2, 0) is 25.5 Å². The van der Waals surface area contributed by atoms with Crippen molar-refractivity contribution in [1.29, 1.82) is 0 Å². The average Bonchev–Trinajstić information content (AvgIpc) is 2.84. The normalized spacial score (nSPS) is 12.5. The smallest absolute Gasteiger partial charge is 0.347 e. The van der Waals surface area contributed by atoms with E-state index in [1.807, 2.05) is 0 Å². The highest BCUT2D eigenvalue weighted by molar-refractivity contribution is 6.17. The molecule has 2 aromatic carbocycles. The first kappa shape index (κ1) is 15.6. The topological polar surface area (TPSA) is 86.7 Å². The van der Waals surface area contributed by atoms with E-state index in [0.717, 1.165) is 11.1 Å². The van der Waals surface area contributed by atoms with Crippen molar-refractivity contribution < 1.29 is 28.7 Å². The molecular formula is C18H12O6. The fraction of sp³-hybridized carbons (Fsp3) is 0.111. The van der Waals surface area contributed by atoms with Gasteiger partial charge in [-0.2, -0.15) is 0 Å². The maximum atomic E-state index is 11.9. The Morgan fingerprint density at radius 2 is 1.88 bits per heavy atom. The number of rotatable bonds is 4. The second kappa shape index (κ2) is 6.08. The minimum atomic E-state index is -0.665. The molecule has 1 aliphatic rings. The molecular weight excluding hydrogens is 312 g/mol. The van der Waals surface area contributed by atoms with Gasteiger partial charge < -0.3 is 9.47 Å². The number of carbonyl (C=O) groups is 4. The van der Waals surface area contributed by atoms with Crippen LogP contribution >= 0.6 is 0 Å². The van der Waals surface area contributed by atoms with E-state index in [1.165, 1.54) is 0 Å². The number of ether oxygens (including phenoxy) is 2. The minimum Gasteiger partial charge on any atom is -0.395 e. The van der Waals surface area contributed by atoms with E-state index < -0.39 is 17.9 Å². The number of fused-ring (bicyclic) bond motifs is 1. The van der Waals surface area contributed by atoms with E-state index >= 15 is 0 Å². The molecule has 0 atom stereocenters. The summed E-state index contributed by atoms with van der Waals surface area (Å²) in [5, 5.41) is 0. The van der Waals surface area contributed by atoms with Crippen LogP contribution in [0.3, 0.4) is 0 Å². The summed E-state index contributed by atoms with van der Waals surface area (Å²) in [4.78, 5) is 45.1. The fourth-order valence-corrected chi connectivity index (χ4v) is 2.69. The quantitative estimate of drug-likeness (QED) is 0.487. The van der Waals surface area contributed by atoms with Crippen molar-refractivity contribution in [2.45, 2.75) is 13.3 Å². The molecule has 120 valence electrons. The van der Waals surface area contributed by atoms with E-state index in [9.17, 15) is 19.2 Å². The first-order chi connectivity index (χ1) is 11.5. The molecule has 0 saturated carbocycles. The van der Waals surface area contributed by atoms with Crippen LogP contribution in [0.1, 0.15) is 31.8 Å². The average molecular weight is 324 g/mol. The van der Waals surface area contributed by atoms with Crippen molar-refractivity contribution in [3.8, 4) is 11.1 Å². The third kappa shape index (κ3) is 2.69. The van der Waals surface area contributed by atoms with Gasteiger partial charge in [0.2, 0.25) is 0 Å². The number of cyclic esters (lactones) is 2. The molecule has 0 fully saturated rings. The van der Waals surface area contributed by atoms with Crippen LogP contribution in [-0.4, -0.2) is 24.4 Å². The predicted molar refractivity (Wildman–Crippen MR) is 82.2 cm³/mol. The maximum Gasteiger partial charge on any atom is 0.347 e. The molecule has 0 amide bonds. The molecule has 0 spiro atoms. The number of esters is 3. The molecule has 1 heterocycles. The van der Waals surface area contributed by atoms with Gasteiger partial charge in [0.05, 0.1) is 17.5 Å². The Kier molecular flexibility index (Phi) is 3.95. The largest absolute Gasteiger partial charge is 0.395 e. The van der Waals surface area contributed by atoms with Gasteiger partial charge in [0, 0.05) is 0 Å². The van der Waals surface area contributed by atoms with Crippen molar-refractivity contribution in [3.05, 3.63) is 58.7 Å². The van der Waals surface area contributed by atoms with E-state index in [-0.39, 0.29) is 24.0 Å². The van der Waals surface area contributed by atoms with Gasteiger partial charge in [0.1, 0.15) is 0 Å². The summed E-state index contributed by atoms with van der Waals surface area (Å²) >= 11 is 0. The Labute approximate surface area is 137 Å². The Balaban J connectivity index is 1.99. The molecule has 6 heteroatoms. The van der Waals surface area contributed by atoms with Crippen molar-refractivity contribution >= 4 is 24.4 Å². The molecule has 24 heavy (non-hydrogen) atoms. The van der Waals surface area contributed by atoms with Gasteiger partial charge in [-0.25, -0.2) is 9.59 Å². The molecule has 0 aromatic heterocycles. The highest BCUT2D eigenvalue weighted by Crippen LogP contribution is 2.32. The van der Waals surface area contributed by atoms with E-state index in [0.29, 0.717) is 11.1 Å². The van der Waals surface area contributed by atoms with Crippen LogP contribution < -0.4 is 0 Å². The molecule has 2 aromatic rings. The minimum absolute atomic E-state index is 0.0295. The second-order valence-electron chi connectivity index (χ2n) is 5.31. The Bertz CT molecular complexity index is 881. The van der Waals surface area contributed by atoms with Crippen molar-refractivity contribution in [2.24, 2.45) is 0 Å². The van der Waals surface area contributed by atoms with Crippen LogP contribution in [0.2, 0.25) is 0 Å². The molecule has 0 N–H and O–H groups in total. The highest BCUT2D eigenvalue weighted by Gasteiger charge is 2.32. The van der Waals surface area contributed by atoms with Gasteiger partial charge in [0.25, 0.3) is 0 Å². The number of hydrogen-bond donors (Lipinski definition) is 0. The first-order valence-electron chi connectivity index (χ1n) is 7.14. The lowest BCUT2D eigenvalue weighted by Crippen LogP contribution is -2.07. The molecule has 3 rings (SSSR count). The van der Waals surface area contributed by atoms with Crippen LogP contribution in [0, 0.1) is 6.92 Å². The molecule has 1 aliphatic heterocycles. The standard InChI is InChI=1S/C18H12O6/c1-10-7-12(6-5-11(10)8-15(20)23-9-19)13-3-2-4-14-16(13)18(22)24-17(14)21/h2-7,9H,8H2,1H3. The Hall–Kier alpha value is -3.28. The number of carbonyl (C=O) groups excluding carboxylic acids is 4. The maximum absolute atomic E-state index is 11.9. The summed E-state index contributed by atoms with van der Waals surface area (Å²) in [5.41, 5.74) is 3.31. The zero-order valence-electron chi connectivity index (χ0n) is 12.7. The summed E-state index contributed by atoms with van der Waals surface area (Å²) in [7, 11) is 0. The van der Waals surface area contributed by atoms with Crippen LogP contribution in [0.5, 0.6) is 0 Å². The van der Waals surface area contributed by atoms with Gasteiger partial charge in [-0.3, -0.25) is 9.59 Å². The van der Waals surface area contributed by atoms with Crippen LogP contribution in [0.4, 0.5) is 0 Å². The summed E-state index contributed by atoms with van der Waals surface area (Å²) < 4.78 is 8.94. The van der Waals surface area contributed by atoms with Crippen molar-refractivity contribution in [3.63, 3.8) is 0 Å². The van der Waals surface area contributed by atoms with Crippen molar-refractivity contribution in [1.82, 2.24) is 0 Å². The zero-order chi connectivity index (χ0) is 17.3. The van der Waals surface area contributed by atoms with Crippen molar-refractivity contribution in [2.75, 3.05) is 0 Å². The first-order valence-corrected chi connectivity index (χ1v) is 7.14. The predicted octanol–water partition coefficient (Wildman–Crippen LogP) is 2.21. The summed E-state index contributed by atoms with van der Waals surface area (Å²) in [6.07, 6.45) is -0.0295. The van der Waals surface area contributed by atoms with Gasteiger partial charge in [-0.15, -0.1) is 0 Å². The number of hydrogen-bond acceptors (Lipinski definition) is 6. The third-order valence-electron chi connectivity index (χ3n) is 3.84. The highest BCUT2D eigenvalue weighted by atomic mass is 16.6. The molecule has 0 unspecified atom stereocenters. The monoisotopic (exact) mass is 324 g/mol. The second-order valence-corrected chi connectivity index (χ2v) is 5.31. The summed E-state index contributed by atoms with van der Waals surface area (Å²) in [6.45, 7) is 1.90.